The highest BCUT2D eigenvalue weighted by molar-refractivity contribution is 6.31. The number of amides is 3. The SMILES string of the molecule is O=C(COC(=O)Cc1c(F)cccc1Cl)NC(=O)NCCC1=CCCCC1. The Kier molecular flexibility index (Phi) is 8.26. The van der Waals surface area contributed by atoms with Gasteiger partial charge in [-0.2, -0.15) is 0 Å². The molecule has 1 aliphatic carbocycles. The molecule has 0 fully saturated rings. The molecule has 0 spiro atoms. The van der Waals surface area contributed by atoms with E-state index < -0.39 is 36.8 Å². The van der Waals surface area contributed by atoms with Gasteiger partial charge in [-0.1, -0.05) is 29.3 Å². The van der Waals surface area contributed by atoms with Crippen molar-refractivity contribution in [2.45, 2.75) is 38.5 Å². The van der Waals surface area contributed by atoms with Crippen LogP contribution in [0.4, 0.5) is 9.18 Å². The molecule has 6 nitrogen and oxygen atoms in total. The zero-order chi connectivity index (χ0) is 19.6. The number of rotatable bonds is 7. The summed E-state index contributed by atoms with van der Waals surface area (Å²) in [6.07, 6.45) is 7.02. The first-order valence-electron chi connectivity index (χ1n) is 8.80. The number of benzene rings is 1. The van der Waals surface area contributed by atoms with Gasteiger partial charge >= 0.3 is 12.0 Å². The van der Waals surface area contributed by atoms with Crippen LogP contribution in [0.5, 0.6) is 0 Å². The zero-order valence-corrected chi connectivity index (χ0v) is 15.6. The molecule has 0 heterocycles. The van der Waals surface area contributed by atoms with Crippen molar-refractivity contribution in [2.75, 3.05) is 13.2 Å². The lowest BCUT2D eigenvalue weighted by atomic mass is 9.97. The van der Waals surface area contributed by atoms with Crippen LogP contribution in [0.3, 0.4) is 0 Å². The molecule has 0 bridgehead atoms. The maximum atomic E-state index is 13.6. The number of hydrogen-bond acceptors (Lipinski definition) is 4. The van der Waals surface area contributed by atoms with Crippen molar-refractivity contribution >= 4 is 29.5 Å². The minimum Gasteiger partial charge on any atom is -0.455 e. The molecule has 0 aromatic heterocycles. The quantitative estimate of drug-likeness (QED) is 0.547. The van der Waals surface area contributed by atoms with Crippen molar-refractivity contribution in [1.82, 2.24) is 10.6 Å². The fourth-order valence-electron chi connectivity index (χ4n) is 2.72. The number of carbonyl (C=O) groups is 3. The Labute approximate surface area is 162 Å². The molecule has 1 aromatic rings. The molecular weight excluding hydrogens is 375 g/mol. The van der Waals surface area contributed by atoms with E-state index in [1.54, 1.807) is 0 Å². The standard InChI is InChI=1S/C19H22ClFN2O4/c20-15-7-4-8-16(21)14(15)11-18(25)27-12-17(24)23-19(26)22-10-9-13-5-2-1-3-6-13/h4-5,7-8H,1-3,6,9-12H2,(H2,22,23,24,26). The lowest BCUT2D eigenvalue weighted by Gasteiger charge is -2.13. The molecule has 1 aliphatic rings. The molecule has 8 heteroatoms. The Bertz CT molecular complexity index is 716. The maximum absolute atomic E-state index is 13.6. The molecule has 2 N–H and O–H groups in total. The van der Waals surface area contributed by atoms with Gasteiger partial charge in [0.2, 0.25) is 0 Å². The van der Waals surface area contributed by atoms with Crippen LogP contribution in [-0.2, 0) is 20.7 Å². The molecule has 0 saturated heterocycles. The summed E-state index contributed by atoms with van der Waals surface area (Å²) in [5, 5.41) is 4.76. The van der Waals surface area contributed by atoms with Crippen LogP contribution >= 0.6 is 11.6 Å². The Morgan fingerprint density at radius 2 is 2.04 bits per heavy atom. The monoisotopic (exact) mass is 396 g/mol. The third-order valence-electron chi connectivity index (χ3n) is 4.12. The number of allylic oxidation sites excluding steroid dienone is 1. The summed E-state index contributed by atoms with van der Waals surface area (Å²) in [6.45, 7) is -0.208. The summed E-state index contributed by atoms with van der Waals surface area (Å²) in [4.78, 5) is 35.0. The topological polar surface area (TPSA) is 84.5 Å². The number of nitrogens with one attached hydrogen (secondary N) is 2. The first-order chi connectivity index (χ1) is 13.0. The summed E-state index contributed by atoms with van der Waals surface area (Å²) < 4.78 is 18.4. The number of esters is 1. The van der Waals surface area contributed by atoms with Crippen LogP contribution in [0.1, 0.15) is 37.7 Å². The summed E-state index contributed by atoms with van der Waals surface area (Å²) in [7, 11) is 0. The molecule has 0 atom stereocenters. The van der Waals surface area contributed by atoms with Crippen LogP contribution in [0.15, 0.2) is 29.8 Å². The highest BCUT2D eigenvalue weighted by Crippen LogP contribution is 2.20. The molecule has 3 amide bonds. The van der Waals surface area contributed by atoms with Gasteiger partial charge in [-0.05, 0) is 44.2 Å². The van der Waals surface area contributed by atoms with Crippen LogP contribution in [0.2, 0.25) is 5.02 Å². The van der Waals surface area contributed by atoms with Gasteiger partial charge in [-0.3, -0.25) is 14.9 Å². The second kappa shape index (κ2) is 10.7. The molecule has 0 radical (unpaired) electrons. The van der Waals surface area contributed by atoms with Gasteiger partial charge in [0.25, 0.3) is 5.91 Å². The van der Waals surface area contributed by atoms with Crippen molar-refractivity contribution in [3.8, 4) is 0 Å². The van der Waals surface area contributed by atoms with Gasteiger partial charge in [0, 0.05) is 17.1 Å². The molecular formula is C19H22ClFN2O4. The van der Waals surface area contributed by atoms with Gasteiger partial charge in [0.1, 0.15) is 5.82 Å². The molecule has 2 rings (SSSR count). The van der Waals surface area contributed by atoms with Crippen LogP contribution in [-0.4, -0.2) is 31.1 Å². The lowest BCUT2D eigenvalue weighted by Crippen LogP contribution is -2.41. The van der Waals surface area contributed by atoms with E-state index in [9.17, 15) is 18.8 Å². The summed E-state index contributed by atoms with van der Waals surface area (Å²) in [6, 6.07) is 3.40. The van der Waals surface area contributed by atoms with Crippen LogP contribution in [0.25, 0.3) is 0 Å². The van der Waals surface area contributed by atoms with Crippen molar-refractivity contribution in [3.05, 3.63) is 46.3 Å². The number of imide groups is 1. The van der Waals surface area contributed by atoms with E-state index in [-0.39, 0.29) is 10.6 Å². The number of halogens is 2. The van der Waals surface area contributed by atoms with Gasteiger partial charge in [0.05, 0.1) is 6.42 Å². The number of hydrogen-bond donors (Lipinski definition) is 2. The largest absolute Gasteiger partial charge is 0.455 e. The minimum atomic E-state index is -0.818. The van der Waals surface area contributed by atoms with Crippen LogP contribution in [0, 0.1) is 5.82 Å². The fraction of sp³-hybridized carbons (Fsp3) is 0.421. The number of carbonyl (C=O) groups excluding carboxylic acids is 3. The predicted octanol–water partition coefficient (Wildman–Crippen LogP) is 3.28. The van der Waals surface area contributed by atoms with E-state index in [1.165, 1.54) is 36.6 Å². The Balaban J connectivity index is 1.65. The van der Waals surface area contributed by atoms with E-state index >= 15 is 0 Å². The van der Waals surface area contributed by atoms with Crippen molar-refractivity contribution in [2.24, 2.45) is 0 Å². The molecule has 0 aliphatic heterocycles. The zero-order valence-electron chi connectivity index (χ0n) is 14.9. The normalized spacial score (nSPS) is 13.5. The molecule has 1 aromatic carbocycles. The second-order valence-electron chi connectivity index (χ2n) is 6.20. The van der Waals surface area contributed by atoms with Crippen LogP contribution < -0.4 is 10.6 Å². The molecule has 27 heavy (non-hydrogen) atoms. The Morgan fingerprint density at radius 3 is 2.74 bits per heavy atom. The second-order valence-corrected chi connectivity index (χ2v) is 6.61. The lowest BCUT2D eigenvalue weighted by molar-refractivity contribution is -0.147. The van der Waals surface area contributed by atoms with E-state index in [2.05, 4.69) is 16.7 Å². The molecule has 0 saturated carbocycles. The van der Waals surface area contributed by atoms with E-state index in [0.717, 1.165) is 19.3 Å². The smallest absolute Gasteiger partial charge is 0.321 e. The molecule has 0 unspecified atom stereocenters. The Morgan fingerprint density at radius 1 is 1.22 bits per heavy atom. The number of ether oxygens (including phenoxy) is 1. The third kappa shape index (κ3) is 7.38. The third-order valence-corrected chi connectivity index (χ3v) is 4.47. The minimum absolute atomic E-state index is 0.000615. The van der Waals surface area contributed by atoms with Gasteiger partial charge in [-0.15, -0.1) is 0 Å². The summed E-state index contributed by atoms with van der Waals surface area (Å²) >= 11 is 5.83. The first-order valence-corrected chi connectivity index (χ1v) is 9.17. The van der Waals surface area contributed by atoms with E-state index in [1.807, 2.05) is 0 Å². The maximum Gasteiger partial charge on any atom is 0.321 e. The number of urea groups is 1. The van der Waals surface area contributed by atoms with Crippen molar-refractivity contribution in [3.63, 3.8) is 0 Å². The van der Waals surface area contributed by atoms with Crippen molar-refractivity contribution in [1.29, 1.82) is 0 Å². The average Bonchev–Trinajstić information content (AvgIpc) is 2.64. The average molecular weight is 397 g/mol. The summed E-state index contributed by atoms with van der Waals surface area (Å²) in [5.41, 5.74) is 1.31. The predicted molar refractivity (Wildman–Crippen MR) is 98.8 cm³/mol. The van der Waals surface area contributed by atoms with Crippen molar-refractivity contribution < 1.29 is 23.5 Å². The first kappa shape index (κ1) is 20.9. The molecule has 146 valence electrons. The van der Waals surface area contributed by atoms with E-state index in [4.69, 9.17) is 16.3 Å². The van der Waals surface area contributed by atoms with Gasteiger partial charge < -0.3 is 10.1 Å². The Hall–Kier alpha value is -2.41. The van der Waals surface area contributed by atoms with E-state index in [0.29, 0.717) is 6.54 Å². The highest BCUT2D eigenvalue weighted by Gasteiger charge is 2.15. The highest BCUT2D eigenvalue weighted by atomic mass is 35.5. The van der Waals surface area contributed by atoms with Gasteiger partial charge in [0.15, 0.2) is 6.61 Å². The fourth-order valence-corrected chi connectivity index (χ4v) is 2.95. The van der Waals surface area contributed by atoms with Gasteiger partial charge in [-0.25, -0.2) is 9.18 Å². The summed E-state index contributed by atoms with van der Waals surface area (Å²) in [5.74, 6) is -2.21.